The van der Waals surface area contributed by atoms with Crippen molar-refractivity contribution in [1.82, 2.24) is 9.55 Å². The van der Waals surface area contributed by atoms with Crippen molar-refractivity contribution in [3.63, 3.8) is 0 Å². The van der Waals surface area contributed by atoms with Gasteiger partial charge in [-0.15, -0.1) is 11.3 Å². The average molecular weight is 593 g/mol. The van der Waals surface area contributed by atoms with Crippen LogP contribution >= 0.6 is 11.3 Å². The van der Waals surface area contributed by atoms with E-state index in [1.54, 1.807) is 0 Å². The molecule has 45 heavy (non-hydrogen) atoms. The van der Waals surface area contributed by atoms with E-state index >= 15 is 0 Å². The number of thiophene rings is 1. The molecule has 1 aliphatic rings. The van der Waals surface area contributed by atoms with Gasteiger partial charge in [0.15, 0.2) is 0 Å². The van der Waals surface area contributed by atoms with Crippen LogP contribution in [0.25, 0.3) is 81.0 Å². The maximum Gasteiger partial charge on any atom is 0.0902 e. The van der Waals surface area contributed by atoms with Gasteiger partial charge >= 0.3 is 0 Å². The van der Waals surface area contributed by atoms with Gasteiger partial charge in [0.2, 0.25) is 0 Å². The van der Waals surface area contributed by atoms with E-state index in [0.29, 0.717) is 0 Å². The maximum atomic E-state index is 5.14. The quantitative estimate of drug-likeness (QED) is 0.195. The third-order valence-corrected chi connectivity index (χ3v) is 11.2. The van der Waals surface area contributed by atoms with E-state index in [-0.39, 0.29) is 5.41 Å². The maximum absolute atomic E-state index is 5.14. The predicted octanol–water partition coefficient (Wildman–Crippen LogP) is 11.7. The number of hydrogen-bond donors (Lipinski definition) is 0. The van der Waals surface area contributed by atoms with Crippen molar-refractivity contribution in [2.45, 2.75) is 19.3 Å². The van der Waals surface area contributed by atoms with E-state index in [4.69, 9.17) is 4.98 Å². The van der Waals surface area contributed by atoms with Crippen LogP contribution in [0.3, 0.4) is 0 Å². The summed E-state index contributed by atoms with van der Waals surface area (Å²) in [6, 6.07) is 49.0. The molecule has 9 aromatic rings. The van der Waals surface area contributed by atoms with Gasteiger partial charge in [-0.2, -0.15) is 0 Å². The summed E-state index contributed by atoms with van der Waals surface area (Å²) in [5.41, 5.74) is 13.7. The molecule has 3 aromatic heterocycles. The lowest BCUT2D eigenvalue weighted by molar-refractivity contribution is 0.661. The molecule has 0 bridgehead atoms. The number of hydrogen-bond acceptors (Lipinski definition) is 2. The van der Waals surface area contributed by atoms with Crippen LogP contribution in [0, 0.1) is 0 Å². The van der Waals surface area contributed by atoms with Crippen LogP contribution in [0.15, 0.2) is 133 Å². The lowest BCUT2D eigenvalue weighted by atomic mass is 9.82. The highest BCUT2D eigenvalue weighted by molar-refractivity contribution is 7.26. The summed E-state index contributed by atoms with van der Waals surface area (Å²) in [7, 11) is 0. The normalized spacial score (nSPS) is 13.7. The van der Waals surface area contributed by atoms with E-state index in [1.807, 2.05) is 11.3 Å². The molecule has 10 rings (SSSR count). The van der Waals surface area contributed by atoms with Crippen molar-refractivity contribution >= 4 is 64.3 Å². The minimum atomic E-state index is -0.0523. The molecule has 1 aliphatic carbocycles. The van der Waals surface area contributed by atoms with Gasteiger partial charge in [-0.25, -0.2) is 4.98 Å². The summed E-state index contributed by atoms with van der Waals surface area (Å²) in [6.45, 7) is 4.72. The zero-order chi connectivity index (χ0) is 29.9. The molecule has 0 saturated carbocycles. The first-order chi connectivity index (χ1) is 22.1. The number of fused-ring (bicyclic) bond motifs is 10. The molecule has 3 heterocycles. The molecule has 0 spiro atoms. The molecule has 0 atom stereocenters. The molecule has 0 amide bonds. The third-order valence-electron chi connectivity index (χ3n) is 9.99. The van der Waals surface area contributed by atoms with Crippen LogP contribution < -0.4 is 0 Å². The molecule has 0 N–H and O–H groups in total. The van der Waals surface area contributed by atoms with Gasteiger partial charge in [-0.3, -0.25) is 0 Å². The Morgan fingerprint density at radius 1 is 0.578 bits per heavy atom. The molecule has 0 unspecified atom stereocenters. The summed E-state index contributed by atoms with van der Waals surface area (Å²) < 4.78 is 4.97. The molecule has 0 saturated heterocycles. The minimum absolute atomic E-state index is 0.0523. The Morgan fingerprint density at radius 2 is 1.29 bits per heavy atom. The Kier molecular flexibility index (Phi) is 4.97. The standard InChI is InChI=1S/C42H28N2S/c1-42(2)33-15-7-3-11-27(33)31-23-32-28-12-5-9-17-36(28)44(37(32)24-34(31)42)26-21-19-25(20-22-26)39-29-13-4-8-16-35(29)43-40-30-14-6-10-18-38(30)45-41(39)40/h3-24H,1-2H3. The molecule has 6 aromatic carbocycles. The highest BCUT2D eigenvalue weighted by atomic mass is 32.1. The van der Waals surface area contributed by atoms with Crippen molar-refractivity contribution in [2.75, 3.05) is 0 Å². The fourth-order valence-corrected chi connectivity index (χ4v) is 9.07. The molecule has 0 aliphatic heterocycles. The van der Waals surface area contributed by atoms with Crippen LogP contribution in [-0.4, -0.2) is 9.55 Å². The van der Waals surface area contributed by atoms with E-state index in [0.717, 1.165) is 11.0 Å². The molecule has 3 heteroatoms. The number of para-hydroxylation sites is 2. The zero-order valence-corrected chi connectivity index (χ0v) is 25.8. The van der Waals surface area contributed by atoms with E-state index in [1.165, 1.54) is 81.0 Å². The number of rotatable bonds is 2. The summed E-state index contributed by atoms with van der Waals surface area (Å²) in [6.07, 6.45) is 0. The smallest absolute Gasteiger partial charge is 0.0902 e. The summed E-state index contributed by atoms with van der Waals surface area (Å²) in [5.74, 6) is 0. The SMILES string of the molecule is CC1(C)c2ccccc2-c2cc3c4ccccc4n(-c4ccc(-c5c6ccccc6nc6c5sc5ccccc56)cc4)c3cc21. The first-order valence-electron chi connectivity index (χ1n) is 15.6. The predicted molar refractivity (Wildman–Crippen MR) is 192 cm³/mol. The fraction of sp³-hybridized carbons (Fsp3) is 0.0714. The lowest BCUT2D eigenvalue weighted by Gasteiger charge is -2.21. The van der Waals surface area contributed by atoms with Crippen LogP contribution in [-0.2, 0) is 5.41 Å². The molecule has 212 valence electrons. The number of benzene rings is 6. The topological polar surface area (TPSA) is 17.8 Å². The van der Waals surface area contributed by atoms with Gasteiger partial charge < -0.3 is 4.57 Å². The van der Waals surface area contributed by atoms with Gasteiger partial charge in [-0.1, -0.05) is 105 Å². The van der Waals surface area contributed by atoms with Gasteiger partial charge in [0.05, 0.1) is 26.8 Å². The second-order valence-corrected chi connectivity index (χ2v) is 13.8. The summed E-state index contributed by atoms with van der Waals surface area (Å²) in [5, 5.41) is 5.00. The Balaban J connectivity index is 1.21. The van der Waals surface area contributed by atoms with Gasteiger partial charge in [0.25, 0.3) is 0 Å². The van der Waals surface area contributed by atoms with Crippen molar-refractivity contribution in [2.24, 2.45) is 0 Å². The van der Waals surface area contributed by atoms with Crippen molar-refractivity contribution < 1.29 is 0 Å². The van der Waals surface area contributed by atoms with E-state index < -0.39 is 0 Å². The van der Waals surface area contributed by atoms with Crippen LogP contribution in [0.5, 0.6) is 0 Å². The molecule has 2 nitrogen and oxygen atoms in total. The van der Waals surface area contributed by atoms with Gasteiger partial charge in [-0.05, 0) is 70.3 Å². The Morgan fingerprint density at radius 3 is 2.16 bits per heavy atom. The van der Waals surface area contributed by atoms with Crippen LogP contribution in [0.1, 0.15) is 25.0 Å². The van der Waals surface area contributed by atoms with E-state index in [2.05, 4.69) is 152 Å². The fourth-order valence-electron chi connectivity index (χ4n) is 7.84. The van der Waals surface area contributed by atoms with E-state index in [9.17, 15) is 0 Å². The van der Waals surface area contributed by atoms with Crippen molar-refractivity contribution in [3.05, 3.63) is 145 Å². The first-order valence-corrected chi connectivity index (χ1v) is 16.4. The number of aromatic nitrogens is 2. The third kappa shape index (κ3) is 3.36. The van der Waals surface area contributed by atoms with Crippen LogP contribution in [0.4, 0.5) is 0 Å². The Hall–Kier alpha value is -5.25. The second kappa shape index (κ2) is 8.90. The number of pyridine rings is 1. The van der Waals surface area contributed by atoms with Crippen molar-refractivity contribution in [3.8, 4) is 27.9 Å². The Bertz CT molecular complexity index is 2670. The van der Waals surface area contributed by atoms with Crippen molar-refractivity contribution in [1.29, 1.82) is 0 Å². The summed E-state index contributed by atoms with van der Waals surface area (Å²) in [4.78, 5) is 5.14. The van der Waals surface area contributed by atoms with Gasteiger partial charge in [0, 0.05) is 42.9 Å². The highest BCUT2D eigenvalue weighted by Crippen LogP contribution is 2.51. The molecular formula is C42H28N2S. The highest BCUT2D eigenvalue weighted by Gasteiger charge is 2.36. The minimum Gasteiger partial charge on any atom is -0.309 e. The molecule has 0 radical (unpaired) electrons. The first kappa shape index (κ1) is 25.1. The summed E-state index contributed by atoms with van der Waals surface area (Å²) >= 11 is 1.84. The monoisotopic (exact) mass is 592 g/mol. The zero-order valence-electron chi connectivity index (χ0n) is 25.0. The second-order valence-electron chi connectivity index (χ2n) is 12.8. The van der Waals surface area contributed by atoms with Crippen LogP contribution in [0.2, 0.25) is 0 Å². The largest absolute Gasteiger partial charge is 0.309 e. The van der Waals surface area contributed by atoms with Gasteiger partial charge in [0.1, 0.15) is 0 Å². The Labute approximate surface area is 264 Å². The lowest BCUT2D eigenvalue weighted by Crippen LogP contribution is -2.14. The average Bonchev–Trinajstić information content (AvgIpc) is 3.69. The molecule has 0 fully saturated rings. The molecular weight excluding hydrogens is 565 g/mol. The number of nitrogens with zero attached hydrogens (tertiary/aromatic N) is 2.